The minimum atomic E-state index is -0.969. The number of carboxylic acid groups (broad SMARTS) is 1. The first-order valence-electron chi connectivity index (χ1n) is 9.89. The van der Waals surface area contributed by atoms with Gasteiger partial charge in [-0.15, -0.1) is 0 Å². The summed E-state index contributed by atoms with van der Waals surface area (Å²) >= 11 is 0. The van der Waals surface area contributed by atoms with Gasteiger partial charge in [0.25, 0.3) is 0 Å². The van der Waals surface area contributed by atoms with Crippen LogP contribution in [-0.4, -0.2) is 42.1 Å². The lowest BCUT2D eigenvalue weighted by atomic mass is 9.78. The van der Waals surface area contributed by atoms with E-state index in [9.17, 15) is 24.3 Å². The van der Waals surface area contributed by atoms with E-state index < -0.39 is 35.7 Å². The van der Waals surface area contributed by atoms with Crippen LogP contribution in [0.5, 0.6) is 0 Å². The van der Waals surface area contributed by atoms with Crippen molar-refractivity contribution in [2.75, 3.05) is 18.5 Å². The molecule has 0 aromatic heterocycles. The molecule has 3 rings (SSSR count). The number of aliphatic carboxylic acids is 1. The summed E-state index contributed by atoms with van der Waals surface area (Å²) in [7, 11) is 0. The summed E-state index contributed by atoms with van der Waals surface area (Å²) in [4.78, 5) is 49.1. The average molecular weight is 403 g/mol. The normalized spacial score (nSPS) is 24.8. The number of benzene rings is 1. The highest BCUT2D eigenvalue weighted by molar-refractivity contribution is 6.04. The van der Waals surface area contributed by atoms with E-state index in [1.807, 2.05) is 0 Å². The molecule has 29 heavy (non-hydrogen) atoms. The molecule has 8 heteroatoms. The van der Waals surface area contributed by atoms with Gasteiger partial charge in [0.05, 0.1) is 41.9 Å². The highest BCUT2D eigenvalue weighted by atomic mass is 16.5. The molecule has 2 N–H and O–H groups in total. The van der Waals surface area contributed by atoms with Crippen molar-refractivity contribution in [2.45, 2.75) is 33.1 Å². The molecule has 1 aromatic rings. The number of nitrogens with one attached hydrogen (secondary N) is 1. The van der Waals surface area contributed by atoms with Crippen molar-refractivity contribution >= 4 is 29.5 Å². The molecular formula is C21H25NO7. The van der Waals surface area contributed by atoms with Crippen LogP contribution in [0.15, 0.2) is 18.2 Å². The summed E-state index contributed by atoms with van der Waals surface area (Å²) in [5, 5.41) is 12.3. The molecule has 2 fully saturated rings. The third kappa shape index (κ3) is 4.11. The highest BCUT2D eigenvalue weighted by Crippen LogP contribution is 2.52. The van der Waals surface area contributed by atoms with Crippen molar-refractivity contribution in [3.8, 4) is 0 Å². The van der Waals surface area contributed by atoms with E-state index in [4.69, 9.17) is 9.47 Å². The van der Waals surface area contributed by atoms with E-state index in [2.05, 4.69) is 5.32 Å². The Morgan fingerprint density at radius 3 is 2.24 bits per heavy atom. The fraction of sp³-hybridized carbons (Fsp3) is 0.524. The Balaban J connectivity index is 1.90. The van der Waals surface area contributed by atoms with Gasteiger partial charge < -0.3 is 19.9 Å². The van der Waals surface area contributed by atoms with Gasteiger partial charge in [0.1, 0.15) is 0 Å². The van der Waals surface area contributed by atoms with Gasteiger partial charge in [-0.1, -0.05) is 0 Å². The molecule has 8 nitrogen and oxygen atoms in total. The topological polar surface area (TPSA) is 119 Å². The lowest BCUT2D eigenvalue weighted by molar-refractivity contribution is -0.148. The third-order valence-corrected chi connectivity index (χ3v) is 5.79. The SMILES string of the molecule is CCOC(=O)c1ccc(C(=O)OCC)c(NC(=O)C2C3CCC(C3)C2C(=O)O)c1. The van der Waals surface area contributed by atoms with Crippen LogP contribution in [0.4, 0.5) is 5.69 Å². The lowest BCUT2D eigenvalue weighted by Gasteiger charge is -2.27. The van der Waals surface area contributed by atoms with E-state index in [-0.39, 0.29) is 41.9 Å². The van der Waals surface area contributed by atoms with Gasteiger partial charge in [-0.05, 0) is 63.1 Å². The molecule has 0 heterocycles. The second-order valence-electron chi connectivity index (χ2n) is 7.41. The van der Waals surface area contributed by atoms with Gasteiger partial charge in [-0.3, -0.25) is 9.59 Å². The van der Waals surface area contributed by atoms with Gasteiger partial charge >= 0.3 is 17.9 Å². The van der Waals surface area contributed by atoms with Crippen molar-refractivity contribution < 1.29 is 33.8 Å². The molecule has 156 valence electrons. The molecule has 2 aliphatic rings. The Hall–Kier alpha value is -2.90. The van der Waals surface area contributed by atoms with Crippen molar-refractivity contribution in [2.24, 2.45) is 23.7 Å². The third-order valence-electron chi connectivity index (χ3n) is 5.79. The van der Waals surface area contributed by atoms with Crippen LogP contribution in [0.3, 0.4) is 0 Å². The first kappa shape index (κ1) is 20.8. The molecule has 4 unspecified atom stereocenters. The molecule has 1 amide bonds. The number of rotatable bonds is 7. The van der Waals surface area contributed by atoms with Crippen molar-refractivity contribution in [1.82, 2.24) is 0 Å². The van der Waals surface area contributed by atoms with Gasteiger partial charge in [0, 0.05) is 0 Å². The molecule has 2 bridgehead atoms. The maximum absolute atomic E-state index is 13.0. The van der Waals surface area contributed by atoms with E-state index in [1.165, 1.54) is 18.2 Å². The maximum Gasteiger partial charge on any atom is 0.340 e. The number of esters is 2. The summed E-state index contributed by atoms with van der Waals surface area (Å²) in [6.07, 6.45) is 2.36. The molecule has 0 radical (unpaired) electrons. The average Bonchev–Trinajstić information content (AvgIpc) is 3.29. The quantitative estimate of drug-likeness (QED) is 0.672. The highest BCUT2D eigenvalue weighted by Gasteiger charge is 2.54. The number of hydrogen-bond acceptors (Lipinski definition) is 6. The van der Waals surface area contributed by atoms with E-state index in [0.717, 1.165) is 19.3 Å². The Morgan fingerprint density at radius 1 is 1.00 bits per heavy atom. The van der Waals surface area contributed by atoms with Crippen LogP contribution in [0.1, 0.15) is 53.8 Å². The zero-order valence-electron chi connectivity index (χ0n) is 16.5. The van der Waals surface area contributed by atoms with Crippen LogP contribution in [0, 0.1) is 23.7 Å². The lowest BCUT2D eigenvalue weighted by Crippen LogP contribution is -2.38. The Kier molecular flexibility index (Phi) is 6.20. The maximum atomic E-state index is 13.0. The van der Waals surface area contributed by atoms with Gasteiger partial charge in [0.15, 0.2) is 0 Å². The summed E-state index contributed by atoms with van der Waals surface area (Å²) in [6.45, 7) is 3.68. The van der Waals surface area contributed by atoms with Crippen LogP contribution < -0.4 is 5.32 Å². The van der Waals surface area contributed by atoms with Gasteiger partial charge in [-0.25, -0.2) is 9.59 Å². The summed E-state index contributed by atoms with van der Waals surface area (Å²) < 4.78 is 10.0. The minimum Gasteiger partial charge on any atom is -0.481 e. The van der Waals surface area contributed by atoms with Crippen LogP contribution >= 0.6 is 0 Å². The number of hydrogen-bond donors (Lipinski definition) is 2. The number of carboxylic acids is 1. The molecular weight excluding hydrogens is 378 g/mol. The molecule has 4 atom stereocenters. The molecule has 0 saturated heterocycles. The first-order valence-corrected chi connectivity index (χ1v) is 9.89. The van der Waals surface area contributed by atoms with Crippen molar-refractivity contribution in [3.63, 3.8) is 0 Å². The number of anilines is 1. The molecule has 0 aliphatic heterocycles. The van der Waals surface area contributed by atoms with Crippen LogP contribution in [0.2, 0.25) is 0 Å². The van der Waals surface area contributed by atoms with Gasteiger partial charge in [-0.2, -0.15) is 0 Å². The zero-order chi connectivity index (χ0) is 21.1. The summed E-state index contributed by atoms with van der Waals surface area (Å²) in [5.41, 5.74) is 0.395. The number of amides is 1. The fourth-order valence-corrected chi connectivity index (χ4v) is 4.62. The Labute approximate surface area is 168 Å². The molecule has 1 aromatic carbocycles. The molecule has 0 spiro atoms. The summed E-state index contributed by atoms with van der Waals surface area (Å²) in [6, 6.07) is 4.19. The monoisotopic (exact) mass is 403 g/mol. The van der Waals surface area contributed by atoms with E-state index >= 15 is 0 Å². The van der Waals surface area contributed by atoms with E-state index in [1.54, 1.807) is 13.8 Å². The second kappa shape index (κ2) is 8.63. The Bertz CT molecular complexity index is 834. The molecule has 2 saturated carbocycles. The fourth-order valence-electron chi connectivity index (χ4n) is 4.62. The number of carbonyl (C=O) groups excluding carboxylic acids is 3. The second-order valence-corrected chi connectivity index (χ2v) is 7.41. The predicted octanol–water partition coefficient (Wildman–Crippen LogP) is 2.73. The van der Waals surface area contributed by atoms with E-state index in [0.29, 0.717) is 0 Å². The zero-order valence-corrected chi connectivity index (χ0v) is 16.5. The number of ether oxygens (including phenoxy) is 2. The van der Waals surface area contributed by atoms with Crippen LogP contribution in [-0.2, 0) is 19.1 Å². The largest absolute Gasteiger partial charge is 0.481 e. The smallest absolute Gasteiger partial charge is 0.340 e. The molecule has 2 aliphatic carbocycles. The first-order chi connectivity index (χ1) is 13.9. The summed E-state index contributed by atoms with van der Waals surface area (Å²) in [5.74, 6) is -4.01. The number of fused-ring (bicyclic) bond motifs is 2. The predicted molar refractivity (Wildman–Crippen MR) is 102 cm³/mol. The Morgan fingerprint density at radius 2 is 1.62 bits per heavy atom. The number of carbonyl (C=O) groups is 4. The van der Waals surface area contributed by atoms with Crippen LogP contribution in [0.25, 0.3) is 0 Å². The standard InChI is InChI=1S/C21H25NO7/c1-3-28-20(26)13-7-8-14(21(27)29-4-2)15(10-13)22-18(23)16-11-5-6-12(9-11)17(16)19(24)25/h7-8,10-12,16-17H,3-6,9H2,1-2H3,(H,22,23)(H,24,25). The van der Waals surface area contributed by atoms with Gasteiger partial charge in [0.2, 0.25) is 5.91 Å². The minimum absolute atomic E-state index is 0.00337. The van der Waals surface area contributed by atoms with Crippen molar-refractivity contribution in [1.29, 1.82) is 0 Å². The van der Waals surface area contributed by atoms with Crippen molar-refractivity contribution in [3.05, 3.63) is 29.3 Å².